The summed E-state index contributed by atoms with van der Waals surface area (Å²) >= 11 is 0. The van der Waals surface area contributed by atoms with Crippen molar-refractivity contribution in [1.82, 2.24) is 15.1 Å². The Labute approximate surface area is 394 Å². The fraction of sp³-hybridized carbons (Fsp3) is 0.500. The zero-order chi connectivity index (χ0) is 49.4. The second-order valence-corrected chi connectivity index (χ2v) is 18.3. The number of methoxy groups -OCH3 is 1. The van der Waals surface area contributed by atoms with Gasteiger partial charge in [0.05, 0.1) is 54.5 Å². The number of carbonyl (C=O) groups is 5. The molecule has 17 nitrogen and oxygen atoms in total. The molecule has 5 aliphatic heterocycles. The minimum absolute atomic E-state index is 0.0141. The molecule has 8 rings (SSSR count). The quantitative estimate of drug-likeness (QED) is 0.324. The molecule has 68 heavy (non-hydrogen) atoms. The first-order valence-electron chi connectivity index (χ1n) is 22.9. The lowest BCUT2D eigenvalue weighted by Gasteiger charge is -2.40. The van der Waals surface area contributed by atoms with Gasteiger partial charge in [0.2, 0.25) is 11.6 Å². The maximum atomic E-state index is 14.8. The average molecular weight is 945 g/mol. The number of anilines is 1. The molecule has 0 aromatic heterocycles. The third kappa shape index (κ3) is 9.51. The molecule has 2 amide bonds. The van der Waals surface area contributed by atoms with E-state index in [4.69, 9.17) is 23.7 Å². The number of hydrogen-bond donors (Lipinski definition) is 4. The predicted octanol–water partition coefficient (Wildman–Crippen LogP) is 4.83. The minimum Gasteiger partial charge on any atom is -0.507 e. The first-order chi connectivity index (χ1) is 32.3. The number of phenols is 1. The van der Waals surface area contributed by atoms with Gasteiger partial charge in [-0.1, -0.05) is 45.9 Å². The van der Waals surface area contributed by atoms with Crippen LogP contribution in [0.15, 0.2) is 71.8 Å². The van der Waals surface area contributed by atoms with Crippen molar-refractivity contribution in [3.8, 4) is 11.5 Å². The zero-order valence-electron chi connectivity index (χ0n) is 39.6. The van der Waals surface area contributed by atoms with Crippen LogP contribution in [0.25, 0.3) is 0 Å². The van der Waals surface area contributed by atoms with E-state index < -0.39 is 100 Å². The number of hydrogen-bond acceptors (Lipinski definition) is 15. The molecule has 0 saturated carbocycles. The largest absolute Gasteiger partial charge is 0.507 e. The molecule has 2 aromatic carbocycles. The van der Waals surface area contributed by atoms with Crippen LogP contribution in [0, 0.1) is 36.4 Å². The van der Waals surface area contributed by atoms with Crippen molar-refractivity contribution in [2.75, 3.05) is 64.5 Å². The van der Waals surface area contributed by atoms with E-state index >= 15 is 0 Å². The Morgan fingerprint density at radius 1 is 0.838 bits per heavy atom. The number of nitrogens with zero attached hydrogens (tertiary/aromatic N) is 3. The Kier molecular flexibility index (Phi) is 14.8. The molecule has 2 saturated heterocycles. The van der Waals surface area contributed by atoms with E-state index in [-0.39, 0.29) is 66.0 Å². The molecular weight excluding hydrogens is 884 g/mol. The van der Waals surface area contributed by atoms with Crippen LogP contribution in [0.5, 0.6) is 11.5 Å². The molecule has 4 N–H and O–H groups in total. The van der Waals surface area contributed by atoms with Gasteiger partial charge >= 0.3 is 11.9 Å². The van der Waals surface area contributed by atoms with Crippen molar-refractivity contribution in [2.45, 2.75) is 78.7 Å². The molecule has 0 spiro atoms. The molecule has 6 aliphatic rings. The van der Waals surface area contributed by atoms with Gasteiger partial charge in [0.1, 0.15) is 34.8 Å². The van der Waals surface area contributed by atoms with Crippen LogP contribution in [0.2, 0.25) is 0 Å². The Bertz CT molecular complexity index is 2440. The van der Waals surface area contributed by atoms with Crippen LogP contribution in [-0.4, -0.2) is 144 Å². The highest BCUT2D eigenvalue weighted by atomic mass is 19.1. The lowest BCUT2D eigenvalue weighted by Crippen LogP contribution is -2.52. The monoisotopic (exact) mass is 944 g/mol. The van der Waals surface area contributed by atoms with Crippen LogP contribution in [0.3, 0.4) is 0 Å². The van der Waals surface area contributed by atoms with E-state index in [0.717, 1.165) is 5.69 Å². The van der Waals surface area contributed by atoms with Gasteiger partial charge in [-0.25, -0.2) is 9.18 Å². The molecule has 366 valence electrons. The smallest absolute Gasteiger partial charge is 0.410 e. The molecule has 5 heterocycles. The number of ketones is 3. The van der Waals surface area contributed by atoms with Gasteiger partial charge in [-0.15, -0.1) is 0 Å². The standard InChI is InChI=1S/C50H61FN4O13/c1-26-10-9-11-27(2)48(62)52-38-39(54-21-24-65-25-22-54)44(60)35-36(43(38)59)42(58)31(6)46-37(35)47(61)50(7,68-46)66-23-16-34(64-8)28(3)45(30(5)41(57)29(4)40(26)56)67-49(63)55-19-17-53(18-20-55)33-14-12-32(51)13-15-33/h9-16,23,26,28-30,34,40-41,45,56-58H,17-22,24-25H2,1-8H3,(H,52,62)/t26-,28+,29+,30+,34-,40-,41+,45+,50-/m0/s1. The molecule has 1 aliphatic carbocycles. The SMILES string of the molecule is CO[C@H]1C=CO[C@@]2(C)Oc3c(C)c(O)c4c(c3C2=O)C(=O)C(N2CCOCC2)=C(NC(=O)C(C)=CC=C[C@H](C)[C@H](O)[C@@H](C)[C@@H](O)[C@@H](C)[C@H](OC(=O)N2CCN(c3ccc(F)cc3)CC2)[C@@H]1C)C4=O. The Hall–Kier alpha value is -6.08. The molecule has 2 fully saturated rings. The van der Waals surface area contributed by atoms with Crippen LogP contribution < -0.4 is 15.0 Å². The third-order valence-corrected chi connectivity index (χ3v) is 13.9. The number of nitrogens with one attached hydrogen (secondary N) is 1. The summed E-state index contributed by atoms with van der Waals surface area (Å²) in [5.74, 6) is -9.30. The summed E-state index contributed by atoms with van der Waals surface area (Å²) in [6.45, 7) is 13.4. The van der Waals surface area contributed by atoms with Crippen molar-refractivity contribution in [1.29, 1.82) is 0 Å². The summed E-state index contributed by atoms with van der Waals surface area (Å²) in [7, 11) is 1.43. The predicted molar refractivity (Wildman–Crippen MR) is 245 cm³/mol. The molecule has 5 bridgehead atoms. The Morgan fingerprint density at radius 3 is 2.15 bits per heavy atom. The van der Waals surface area contributed by atoms with Crippen LogP contribution in [0.4, 0.5) is 14.9 Å². The summed E-state index contributed by atoms with van der Waals surface area (Å²) in [5, 5.41) is 37.8. The average Bonchev–Trinajstić information content (AvgIpc) is 3.60. The Balaban J connectivity index is 1.25. The van der Waals surface area contributed by atoms with Crippen molar-refractivity contribution in [2.24, 2.45) is 23.7 Å². The van der Waals surface area contributed by atoms with Gasteiger partial charge in [0.15, 0.2) is 0 Å². The van der Waals surface area contributed by atoms with E-state index in [1.807, 2.05) is 4.90 Å². The van der Waals surface area contributed by atoms with Gasteiger partial charge < -0.3 is 59.0 Å². The number of ether oxygens (including phenoxy) is 5. The molecule has 9 atom stereocenters. The molecular formula is C50H61FN4O13. The van der Waals surface area contributed by atoms with Gasteiger partial charge in [0, 0.05) is 93.8 Å². The number of aliphatic hydroxyl groups excluding tert-OH is 2. The van der Waals surface area contributed by atoms with Gasteiger partial charge in [-0.2, -0.15) is 0 Å². The summed E-state index contributed by atoms with van der Waals surface area (Å²) in [6.07, 6.45) is 2.47. The summed E-state index contributed by atoms with van der Waals surface area (Å²) in [4.78, 5) is 76.9. The number of rotatable bonds is 4. The number of halogens is 1. The first-order valence-corrected chi connectivity index (χ1v) is 22.9. The van der Waals surface area contributed by atoms with Gasteiger partial charge in [0.25, 0.3) is 11.7 Å². The summed E-state index contributed by atoms with van der Waals surface area (Å²) in [6, 6.07) is 6.11. The first kappa shape index (κ1) is 49.8. The number of piperazine rings is 1. The number of fused-ring (bicyclic) bond motifs is 14. The van der Waals surface area contributed by atoms with Crippen molar-refractivity contribution in [3.63, 3.8) is 0 Å². The number of aromatic hydroxyl groups is 1. The summed E-state index contributed by atoms with van der Waals surface area (Å²) < 4.78 is 43.5. The highest BCUT2D eigenvalue weighted by molar-refractivity contribution is 6.32. The highest BCUT2D eigenvalue weighted by Crippen LogP contribution is 2.49. The van der Waals surface area contributed by atoms with E-state index in [0.29, 0.717) is 26.2 Å². The maximum Gasteiger partial charge on any atom is 0.410 e. The van der Waals surface area contributed by atoms with Crippen LogP contribution in [-0.2, 0) is 23.7 Å². The minimum atomic E-state index is -2.12. The lowest BCUT2D eigenvalue weighted by atomic mass is 9.78. The number of morpholine rings is 1. The number of phenolic OH excluding ortho intramolecular Hbond substituents is 1. The van der Waals surface area contributed by atoms with Crippen molar-refractivity contribution in [3.05, 3.63) is 99.9 Å². The van der Waals surface area contributed by atoms with Gasteiger partial charge in [-0.05, 0) is 44.2 Å². The number of benzene rings is 2. The molecule has 0 unspecified atom stereocenters. The second-order valence-electron chi connectivity index (χ2n) is 18.3. The van der Waals surface area contributed by atoms with E-state index in [1.165, 1.54) is 58.4 Å². The number of allylic oxidation sites excluding steroid dienone is 4. The third-order valence-electron chi connectivity index (χ3n) is 13.9. The number of Topliss-reactive ketones (excluding diaryl/α,β-unsaturated/α-hetero) is 3. The summed E-state index contributed by atoms with van der Waals surface area (Å²) in [5.41, 5.74) is -0.761. The van der Waals surface area contributed by atoms with Gasteiger partial charge in [-0.3, -0.25) is 19.2 Å². The second kappa shape index (κ2) is 20.3. The van der Waals surface area contributed by atoms with Crippen LogP contribution in [0.1, 0.15) is 78.2 Å². The van der Waals surface area contributed by atoms with E-state index in [1.54, 1.807) is 61.8 Å². The molecule has 0 radical (unpaired) electrons. The number of carbonyl (C=O) groups excluding carboxylic acids is 5. The fourth-order valence-electron chi connectivity index (χ4n) is 9.56. The Morgan fingerprint density at radius 2 is 1.50 bits per heavy atom. The number of aliphatic hydroxyl groups is 2. The lowest BCUT2D eigenvalue weighted by molar-refractivity contribution is -0.116. The van der Waals surface area contributed by atoms with Crippen molar-refractivity contribution >= 4 is 35.0 Å². The molecule has 18 heteroatoms. The van der Waals surface area contributed by atoms with Crippen molar-refractivity contribution < 1.29 is 67.4 Å². The fourth-order valence-corrected chi connectivity index (χ4v) is 9.56. The van der Waals surface area contributed by atoms with E-state index in [2.05, 4.69) is 5.32 Å². The van der Waals surface area contributed by atoms with E-state index in [9.17, 15) is 43.7 Å². The molecule has 2 aromatic rings. The van der Waals surface area contributed by atoms with Crippen LogP contribution >= 0.6 is 0 Å². The zero-order valence-corrected chi connectivity index (χ0v) is 39.6. The normalized spacial score (nSPS) is 29.7. The maximum absolute atomic E-state index is 14.8. The highest BCUT2D eigenvalue weighted by Gasteiger charge is 2.53. The topological polar surface area (TPSA) is 214 Å². The number of amides is 2.